The van der Waals surface area contributed by atoms with Gasteiger partial charge in [-0.05, 0) is 49.4 Å². The number of rotatable bonds is 8. The number of hydrogen-bond donors (Lipinski definition) is 2. The number of aromatic hydroxyl groups is 2. The van der Waals surface area contributed by atoms with E-state index in [1.165, 1.54) is 20.2 Å². The highest BCUT2D eigenvalue weighted by Crippen LogP contribution is 2.46. The SMILES string of the molecule is C=C(C)c1ccc(C)cc1-c1c(O)cc(CCCCC)c(S(=O)(=O)N(C)C)c1O. The third-order valence-electron chi connectivity index (χ3n) is 5.00. The summed E-state index contributed by atoms with van der Waals surface area (Å²) in [6.45, 7) is 9.77. The van der Waals surface area contributed by atoms with Crippen molar-refractivity contribution in [3.8, 4) is 22.6 Å². The van der Waals surface area contributed by atoms with E-state index < -0.39 is 15.8 Å². The second kappa shape index (κ2) is 9.01. The molecule has 0 aliphatic rings. The highest BCUT2D eigenvalue weighted by molar-refractivity contribution is 7.89. The van der Waals surface area contributed by atoms with Crippen molar-refractivity contribution in [3.05, 3.63) is 47.5 Å². The molecule has 0 bridgehead atoms. The summed E-state index contributed by atoms with van der Waals surface area (Å²) in [5.41, 5.74) is 3.52. The van der Waals surface area contributed by atoms with Crippen LogP contribution in [-0.4, -0.2) is 37.0 Å². The molecule has 0 heterocycles. The van der Waals surface area contributed by atoms with Crippen LogP contribution in [0.3, 0.4) is 0 Å². The first-order valence-corrected chi connectivity index (χ1v) is 11.2. The summed E-state index contributed by atoms with van der Waals surface area (Å²) in [5, 5.41) is 22.0. The van der Waals surface area contributed by atoms with Crippen LogP contribution in [0.1, 0.15) is 49.8 Å². The first-order chi connectivity index (χ1) is 13.5. The van der Waals surface area contributed by atoms with Crippen LogP contribution >= 0.6 is 0 Å². The minimum Gasteiger partial charge on any atom is -0.507 e. The fraction of sp³-hybridized carbons (Fsp3) is 0.391. The zero-order valence-corrected chi connectivity index (χ0v) is 18.7. The van der Waals surface area contributed by atoms with Crippen LogP contribution in [0.4, 0.5) is 0 Å². The zero-order chi connectivity index (χ0) is 21.9. The number of nitrogens with zero attached hydrogens (tertiary/aromatic N) is 1. The van der Waals surface area contributed by atoms with E-state index in [1.54, 1.807) is 0 Å². The van der Waals surface area contributed by atoms with Crippen LogP contribution in [0, 0.1) is 6.92 Å². The Hall–Kier alpha value is -2.31. The number of allylic oxidation sites excluding steroid dienone is 1. The molecular weight excluding hydrogens is 386 g/mol. The van der Waals surface area contributed by atoms with Crippen molar-refractivity contribution in [2.45, 2.75) is 51.3 Å². The molecule has 0 aliphatic carbocycles. The van der Waals surface area contributed by atoms with Gasteiger partial charge >= 0.3 is 0 Å². The Morgan fingerprint density at radius 3 is 2.34 bits per heavy atom. The Kier molecular flexibility index (Phi) is 7.14. The lowest BCUT2D eigenvalue weighted by Gasteiger charge is -2.21. The lowest BCUT2D eigenvalue weighted by Crippen LogP contribution is -2.23. The number of unbranched alkanes of at least 4 members (excludes halogenated alkanes) is 2. The third-order valence-corrected chi connectivity index (χ3v) is 6.94. The van der Waals surface area contributed by atoms with Crippen LogP contribution in [-0.2, 0) is 16.4 Å². The van der Waals surface area contributed by atoms with Crippen molar-refractivity contribution in [2.75, 3.05) is 14.1 Å². The average Bonchev–Trinajstić information content (AvgIpc) is 2.61. The second-order valence-electron chi connectivity index (χ2n) is 7.68. The Bertz CT molecular complexity index is 1020. The molecule has 0 aliphatic heterocycles. The highest BCUT2D eigenvalue weighted by atomic mass is 32.2. The van der Waals surface area contributed by atoms with Gasteiger partial charge in [0.15, 0.2) is 0 Å². The molecule has 0 fully saturated rings. The standard InChI is InChI=1S/C23H31NO4S/c1-7-8-9-10-17-14-20(25)21(22(26)23(17)29(27,28)24(5)6)19-13-16(4)11-12-18(19)15(2)3/h11-14,25-26H,2,7-10H2,1,3-6H3. The smallest absolute Gasteiger partial charge is 0.246 e. The highest BCUT2D eigenvalue weighted by Gasteiger charge is 2.30. The summed E-state index contributed by atoms with van der Waals surface area (Å²) < 4.78 is 27.2. The molecule has 6 heteroatoms. The molecule has 2 N–H and O–H groups in total. The van der Waals surface area contributed by atoms with E-state index in [-0.39, 0.29) is 16.2 Å². The molecule has 0 atom stereocenters. The van der Waals surface area contributed by atoms with Crippen molar-refractivity contribution in [3.63, 3.8) is 0 Å². The van der Waals surface area contributed by atoms with Gasteiger partial charge in [-0.3, -0.25) is 0 Å². The number of hydrogen-bond acceptors (Lipinski definition) is 4. The van der Waals surface area contributed by atoms with E-state index in [0.29, 0.717) is 17.5 Å². The fourth-order valence-electron chi connectivity index (χ4n) is 3.41. The first-order valence-electron chi connectivity index (χ1n) is 9.79. The summed E-state index contributed by atoms with van der Waals surface area (Å²) in [6, 6.07) is 7.08. The molecule has 0 aromatic heterocycles. The number of sulfonamides is 1. The van der Waals surface area contributed by atoms with Crippen LogP contribution in [0.15, 0.2) is 35.7 Å². The molecule has 0 saturated carbocycles. The minimum absolute atomic E-state index is 0.117. The molecule has 0 spiro atoms. The van der Waals surface area contributed by atoms with Crippen LogP contribution in [0.5, 0.6) is 11.5 Å². The molecule has 0 saturated heterocycles. The van der Waals surface area contributed by atoms with E-state index >= 15 is 0 Å². The van der Waals surface area contributed by atoms with Crippen molar-refractivity contribution in [2.24, 2.45) is 0 Å². The van der Waals surface area contributed by atoms with Gasteiger partial charge in [0.05, 0.1) is 5.56 Å². The van der Waals surface area contributed by atoms with E-state index in [0.717, 1.165) is 40.3 Å². The number of phenolic OH excluding ortho intramolecular Hbond substituents is 2. The normalized spacial score (nSPS) is 11.8. The number of aryl methyl sites for hydroxylation is 2. The maximum Gasteiger partial charge on any atom is 0.246 e. The number of benzene rings is 2. The van der Waals surface area contributed by atoms with Gasteiger partial charge in [0, 0.05) is 14.1 Å². The molecule has 29 heavy (non-hydrogen) atoms. The summed E-state index contributed by atoms with van der Waals surface area (Å²) >= 11 is 0. The largest absolute Gasteiger partial charge is 0.507 e. The molecule has 2 aromatic carbocycles. The Balaban J connectivity index is 2.87. The summed E-state index contributed by atoms with van der Waals surface area (Å²) in [5.74, 6) is -0.557. The second-order valence-corrected chi connectivity index (χ2v) is 9.77. The minimum atomic E-state index is -3.92. The van der Waals surface area contributed by atoms with Gasteiger partial charge in [0.2, 0.25) is 10.0 Å². The maximum absolute atomic E-state index is 13.1. The van der Waals surface area contributed by atoms with Gasteiger partial charge in [-0.15, -0.1) is 0 Å². The quantitative estimate of drug-likeness (QED) is 0.587. The van der Waals surface area contributed by atoms with Gasteiger partial charge in [-0.1, -0.05) is 55.7 Å². The lowest BCUT2D eigenvalue weighted by atomic mass is 9.91. The van der Waals surface area contributed by atoms with E-state index in [1.807, 2.05) is 32.0 Å². The maximum atomic E-state index is 13.1. The molecule has 158 valence electrons. The van der Waals surface area contributed by atoms with Gasteiger partial charge in [0.1, 0.15) is 16.4 Å². The molecule has 5 nitrogen and oxygen atoms in total. The molecule has 0 amide bonds. The van der Waals surface area contributed by atoms with E-state index in [9.17, 15) is 18.6 Å². The van der Waals surface area contributed by atoms with Crippen LogP contribution < -0.4 is 0 Å². The number of phenols is 2. The first kappa shape index (κ1) is 23.0. The Morgan fingerprint density at radius 2 is 1.79 bits per heavy atom. The predicted molar refractivity (Wildman–Crippen MR) is 119 cm³/mol. The van der Waals surface area contributed by atoms with Crippen molar-refractivity contribution in [1.82, 2.24) is 4.31 Å². The summed E-state index contributed by atoms with van der Waals surface area (Å²) in [4.78, 5) is -0.138. The topological polar surface area (TPSA) is 77.8 Å². The van der Waals surface area contributed by atoms with Crippen LogP contribution in [0.25, 0.3) is 16.7 Å². The molecular formula is C23H31NO4S. The van der Waals surface area contributed by atoms with Gasteiger partial charge in [-0.25, -0.2) is 12.7 Å². The predicted octanol–water partition coefficient (Wildman–Crippen LogP) is 5.09. The van der Waals surface area contributed by atoms with Gasteiger partial charge in [0.25, 0.3) is 0 Å². The van der Waals surface area contributed by atoms with E-state index in [4.69, 9.17) is 0 Å². The Labute approximate surface area is 174 Å². The van der Waals surface area contributed by atoms with Crippen molar-refractivity contribution in [1.29, 1.82) is 0 Å². The van der Waals surface area contributed by atoms with Crippen molar-refractivity contribution >= 4 is 15.6 Å². The molecule has 0 radical (unpaired) electrons. The summed E-state index contributed by atoms with van der Waals surface area (Å²) in [7, 11) is -1.05. The monoisotopic (exact) mass is 417 g/mol. The Morgan fingerprint density at radius 1 is 1.14 bits per heavy atom. The fourth-order valence-corrected chi connectivity index (χ4v) is 4.62. The lowest BCUT2D eigenvalue weighted by molar-refractivity contribution is 0.436. The average molecular weight is 418 g/mol. The summed E-state index contributed by atoms with van der Waals surface area (Å²) in [6.07, 6.45) is 3.14. The van der Waals surface area contributed by atoms with Gasteiger partial charge in [-0.2, -0.15) is 0 Å². The molecule has 2 rings (SSSR count). The molecule has 0 unspecified atom stereocenters. The van der Waals surface area contributed by atoms with Gasteiger partial charge < -0.3 is 10.2 Å². The van der Waals surface area contributed by atoms with Crippen LogP contribution in [0.2, 0.25) is 0 Å². The third kappa shape index (κ3) is 4.65. The zero-order valence-electron chi connectivity index (χ0n) is 17.9. The van der Waals surface area contributed by atoms with E-state index in [2.05, 4.69) is 13.5 Å². The van der Waals surface area contributed by atoms with Crippen molar-refractivity contribution < 1.29 is 18.6 Å². The molecule has 2 aromatic rings.